The standard InChI is InChI=1S/C14H19N3O3/c1-10-3-2-8-16(13(10)9-15)14(18)11-4-6-12(7-5-11)17(19)20/h4-7,10,13H,2-3,8-9,15H2,1H3. The predicted octanol–water partition coefficient (Wildman–Crippen LogP) is 1.79. The minimum Gasteiger partial charge on any atom is -0.334 e. The first-order chi connectivity index (χ1) is 9.54. The van der Waals surface area contributed by atoms with Gasteiger partial charge in [0.15, 0.2) is 0 Å². The quantitative estimate of drug-likeness (QED) is 0.673. The third kappa shape index (κ3) is 2.80. The number of carbonyl (C=O) groups is 1. The van der Waals surface area contributed by atoms with Crippen molar-refractivity contribution in [1.29, 1.82) is 0 Å². The van der Waals surface area contributed by atoms with E-state index in [1.807, 2.05) is 0 Å². The van der Waals surface area contributed by atoms with Crippen molar-refractivity contribution in [2.45, 2.75) is 25.8 Å². The number of likely N-dealkylation sites (tertiary alicyclic amines) is 1. The molecule has 6 nitrogen and oxygen atoms in total. The number of piperidine rings is 1. The highest BCUT2D eigenvalue weighted by molar-refractivity contribution is 5.94. The number of non-ortho nitro benzene ring substituents is 1. The number of carbonyl (C=O) groups excluding carboxylic acids is 1. The summed E-state index contributed by atoms with van der Waals surface area (Å²) in [5.74, 6) is 0.289. The van der Waals surface area contributed by atoms with Gasteiger partial charge in [-0.1, -0.05) is 6.92 Å². The molecule has 1 aliphatic rings. The minimum absolute atomic E-state index is 0.0102. The number of nitro benzene ring substituents is 1. The molecule has 1 aromatic carbocycles. The fourth-order valence-electron chi connectivity index (χ4n) is 2.75. The second-order valence-electron chi connectivity index (χ2n) is 5.23. The summed E-state index contributed by atoms with van der Waals surface area (Å²) in [6.45, 7) is 3.24. The molecule has 1 aromatic rings. The van der Waals surface area contributed by atoms with Gasteiger partial charge in [-0.05, 0) is 30.9 Å². The van der Waals surface area contributed by atoms with Gasteiger partial charge in [-0.2, -0.15) is 0 Å². The smallest absolute Gasteiger partial charge is 0.269 e. The van der Waals surface area contributed by atoms with Crippen molar-refractivity contribution in [3.05, 3.63) is 39.9 Å². The van der Waals surface area contributed by atoms with Crippen LogP contribution in [0.4, 0.5) is 5.69 Å². The summed E-state index contributed by atoms with van der Waals surface area (Å²) in [5.41, 5.74) is 6.25. The molecular weight excluding hydrogens is 258 g/mol. The first-order valence-corrected chi connectivity index (χ1v) is 6.80. The molecule has 1 amide bonds. The molecule has 1 saturated heterocycles. The van der Waals surface area contributed by atoms with Crippen molar-refractivity contribution in [3.8, 4) is 0 Å². The number of nitrogens with two attached hydrogens (primary N) is 1. The van der Waals surface area contributed by atoms with Gasteiger partial charge in [-0.15, -0.1) is 0 Å². The van der Waals surface area contributed by atoms with Gasteiger partial charge in [0.25, 0.3) is 11.6 Å². The first kappa shape index (κ1) is 14.5. The van der Waals surface area contributed by atoms with E-state index in [1.54, 1.807) is 4.90 Å². The van der Waals surface area contributed by atoms with Crippen LogP contribution in [0.2, 0.25) is 0 Å². The largest absolute Gasteiger partial charge is 0.334 e. The predicted molar refractivity (Wildman–Crippen MR) is 75.4 cm³/mol. The van der Waals surface area contributed by atoms with Crippen LogP contribution in [-0.4, -0.2) is 34.9 Å². The van der Waals surface area contributed by atoms with Crippen LogP contribution >= 0.6 is 0 Å². The Balaban J connectivity index is 2.19. The maximum atomic E-state index is 12.5. The molecule has 1 aliphatic heterocycles. The van der Waals surface area contributed by atoms with Crippen molar-refractivity contribution in [1.82, 2.24) is 4.90 Å². The molecule has 20 heavy (non-hydrogen) atoms. The summed E-state index contributed by atoms with van der Waals surface area (Å²) in [7, 11) is 0. The third-order valence-corrected chi connectivity index (χ3v) is 3.94. The Kier molecular flexibility index (Phi) is 4.34. The molecule has 1 heterocycles. The van der Waals surface area contributed by atoms with Crippen LogP contribution in [-0.2, 0) is 0 Å². The summed E-state index contributed by atoms with van der Waals surface area (Å²) < 4.78 is 0. The summed E-state index contributed by atoms with van der Waals surface area (Å²) >= 11 is 0. The fraction of sp³-hybridized carbons (Fsp3) is 0.500. The highest BCUT2D eigenvalue weighted by Crippen LogP contribution is 2.24. The summed E-state index contributed by atoms with van der Waals surface area (Å²) in [5, 5.41) is 10.6. The lowest BCUT2D eigenvalue weighted by Crippen LogP contribution is -2.51. The summed E-state index contributed by atoms with van der Waals surface area (Å²) in [4.78, 5) is 24.4. The van der Waals surface area contributed by atoms with E-state index >= 15 is 0 Å². The van der Waals surface area contributed by atoms with E-state index in [0.717, 1.165) is 12.8 Å². The second kappa shape index (κ2) is 6.00. The summed E-state index contributed by atoms with van der Waals surface area (Å²) in [6, 6.07) is 5.78. The number of hydrogen-bond donors (Lipinski definition) is 1. The van der Waals surface area contributed by atoms with Gasteiger partial charge in [0.2, 0.25) is 0 Å². The van der Waals surface area contributed by atoms with Crippen molar-refractivity contribution in [3.63, 3.8) is 0 Å². The lowest BCUT2D eigenvalue weighted by atomic mass is 9.90. The first-order valence-electron chi connectivity index (χ1n) is 6.80. The summed E-state index contributed by atoms with van der Waals surface area (Å²) in [6.07, 6.45) is 2.04. The van der Waals surface area contributed by atoms with E-state index < -0.39 is 4.92 Å². The van der Waals surface area contributed by atoms with Crippen LogP contribution < -0.4 is 5.73 Å². The van der Waals surface area contributed by atoms with Crippen LogP contribution in [0.15, 0.2) is 24.3 Å². The zero-order valence-corrected chi connectivity index (χ0v) is 11.5. The van der Waals surface area contributed by atoms with Crippen LogP contribution in [0.5, 0.6) is 0 Å². The zero-order chi connectivity index (χ0) is 14.7. The zero-order valence-electron chi connectivity index (χ0n) is 11.5. The van der Waals surface area contributed by atoms with Crippen LogP contribution in [0.25, 0.3) is 0 Å². The number of amides is 1. The van der Waals surface area contributed by atoms with Crippen LogP contribution in [0.3, 0.4) is 0 Å². The molecule has 0 bridgehead atoms. The monoisotopic (exact) mass is 277 g/mol. The molecule has 2 atom stereocenters. The fourth-order valence-corrected chi connectivity index (χ4v) is 2.75. The van der Waals surface area contributed by atoms with Gasteiger partial charge in [0.05, 0.1) is 4.92 Å². The molecule has 1 fully saturated rings. The maximum absolute atomic E-state index is 12.5. The second-order valence-corrected chi connectivity index (χ2v) is 5.23. The Morgan fingerprint density at radius 2 is 2.10 bits per heavy atom. The molecule has 0 saturated carbocycles. The number of benzene rings is 1. The average molecular weight is 277 g/mol. The minimum atomic E-state index is -0.472. The van der Waals surface area contributed by atoms with E-state index in [-0.39, 0.29) is 17.6 Å². The van der Waals surface area contributed by atoms with Crippen molar-refractivity contribution < 1.29 is 9.72 Å². The van der Waals surface area contributed by atoms with Gasteiger partial charge in [-0.3, -0.25) is 14.9 Å². The Morgan fingerprint density at radius 3 is 2.65 bits per heavy atom. The van der Waals surface area contributed by atoms with Gasteiger partial charge >= 0.3 is 0 Å². The lowest BCUT2D eigenvalue weighted by Gasteiger charge is -2.39. The molecule has 0 aromatic heterocycles. The van der Waals surface area contributed by atoms with Gasteiger partial charge < -0.3 is 10.6 Å². The molecule has 2 rings (SSSR count). The normalized spacial score (nSPS) is 22.6. The maximum Gasteiger partial charge on any atom is 0.269 e. The van der Waals surface area contributed by atoms with E-state index in [2.05, 4.69) is 6.92 Å². The van der Waals surface area contributed by atoms with Crippen molar-refractivity contribution >= 4 is 11.6 Å². The van der Waals surface area contributed by atoms with Crippen LogP contribution in [0.1, 0.15) is 30.1 Å². The van der Waals surface area contributed by atoms with E-state index in [0.29, 0.717) is 24.6 Å². The Labute approximate surface area is 117 Å². The highest BCUT2D eigenvalue weighted by atomic mass is 16.6. The molecule has 0 spiro atoms. The van der Waals surface area contributed by atoms with Gasteiger partial charge in [0.1, 0.15) is 0 Å². The number of hydrogen-bond acceptors (Lipinski definition) is 4. The van der Waals surface area contributed by atoms with E-state index in [4.69, 9.17) is 5.73 Å². The Bertz CT molecular complexity index is 501. The van der Waals surface area contributed by atoms with Gasteiger partial charge in [-0.25, -0.2) is 0 Å². The highest BCUT2D eigenvalue weighted by Gasteiger charge is 2.31. The Hall–Kier alpha value is -1.95. The average Bonchev–Trinajstić information content (AvgIpc) is 2.46. The molecule has 6 heteroatoms. The van der Waals surface area contributed by atoms with Crippen molar-refractivity contribution in [2.24, 2.45) is 11.7 Å². The van der Waals surface area contributed by atoms with Gasteiger partial charge in [0, 0.05) is 36.8 Å². The van der Waals surface area contributed by atoms with Crippen molar-refractivity contribution in [2.75, 3.05) is 13.1 Å². The molecule has 0 radical (unpaired) electrons. The lowest BCUT2D eigenvalue weighted by molar-refractivity contribution is -0.384. The van der Waals surface area contributed by atoms with Crippen LogP contribution in [0, 0.1) is 16.0 Å². The van der Waals surface area contributed by atoms with E-state index in [1.165, 1.54) is 24.3 Å². The molecule has 2 N–H and O–H groups in total. The molecule has 108 valence electrons. The number of nitrogens with zero attached hydrogens (tertiary/aromatic N) is 2. The SMILES string of the molecule is CC1CCCN(C(=O)c2ccc([N+](=O)[O-])cc2)C1CN. The number of nitro groups is 1. The Morgan fingerprint density at radius 1 is 1.45 bits per heavy atom. The van der Waals surface area contributed by atoms with E-state index in [9.17, 15) is 14.9 Å². The molecule has 0 aliphatic carbocycles. The third-order valence-electron chi connectivity index (χ3n) is 3.94. The number of rotatable bonds is 3. The molecule has 2 unspecified atom stereocenters. The molecular formula is C14H19N3O3. The topological polar surface area (TPSA) is 89.5 Å².